The van der Waals surface area contributed by atoms with Crippen LogP contribution in [-0.4, -0.2) is 17.4 Å². The van der Waals surface area contributed by atoms with Crippen molar-refractivity contribution in [3.8, 4) is 11.8 Å². The summed E-state index contributed by atoms with van der Waals surface area (Å²) in [7, 11) is 0. The van der Waals surface area contributed by atoms with Crippen LogP contribution in [0.4, 0.5) is 0 Å². The quantitative estimate of drug-likeness (QED) is 0.381. The van der Waals surface area contributed by atoms with Crippen LogP contribution in [0.2, 0.25) is 0 Å². The van der Waals surface area contributed by atoms with Crippen molar-refractivity contribution in [1.29, 1.82) is 0 Å². The van der Waals surface area contributed by atoms with Crippen LogP contribution in [0.25, 0.3) is 0 Å². The largest absolute Gasteiger partial charge is 0.424 e. The number of ether oxygens (including phenoxy) is 1. The first-order valence-corrected chi connectivity index (χ1v) is 3.94. The van der Waals surface area contributed by atoms with Gasteiger partial charge in [0.15, 0.2) is 0 Å². The molecular formula is C9H14O3. The highest BCUT2D eigenvalue weighted by Crippen LogP contribution is 1.97. The summed E-state index contributed by atoms with van der Waals surface area (Å²) < 4.78 is 4.56. The lowest BCUT2D eigenvalue weighted by Crippen LogP contribution is -2.19. The molecule has 0 aromatic rings. The van der Waals surface area contributed by atoms with Crippen molar-refractivity contribution in [3.05, 3.63) is 0 Å². The van der Waals surface area contributed by atoms with E-state index in [-0.39, 0.29) is 5.92 Å². The van der Waals surface area contributed by atoms with Crippen LogP contribution >= 0.6 is 0 Å². The van der Waals surface area contributed by atoms with Gasteiger partial charge in [-0.15, -0.1) is 0 Å². The third-order valence-corrected chi connectivity index (χ3v) is 1.10. The standard InChI is InChI=1S/C9H14O3/c1-4-5-6-8(10)12-9(11)7(2)3/h7-8,10H,4H2,1-3H3. The third-order valence-electron chi connectivity index (χ3n) is 1.10. The number of carbonyl (C=O) groups is 1. The van der Waals surface area contributed by atoms with Gasteiger partial charge < -0.3 is 9.84 Å². The van der Waals surface area contributed by atoms with E-state index in [9.17, 15) is 4.79 Å². The fraction of sp³-hybridized carbons (Fsp3) is 0.667. The predicted octanol–water partition coefficient (Wildman–Crippen LogP) is 0.917. The predicted molar refractivity (Wildman–Crippen MR) is 45.0 cm³/mol. The molecule has 3 heteroatoms. The molecule has 0 amide bonds. The molecule has 0 saturated carbocycles. The summed E-state index contributed by atoms with van der Waals surface area (Å²) in [6.45, 7) is 5.24. The number of aliphatic hydroxyl groups is 1. The summed E-state index contributed by atoms with van der Waals surface area (Å²) in [4.78, 5) is 10.9. The van der Waals surface area contributed by atoms with Crippen LogP contribution in [0.5, 0.6) is 0 Å². The molecule has 0 spiro atoms. The highest BCUT2D eigenvalue weighted by atomic mass is 16.6. The van der Waals surface area contributed by atoms with Crippen LogP contribution in [0.3, 0.4) is 0 Å². The zero-order valence-corrected chi connectivity index (χ0v) is 7.63. The minimum Gasteiger partial charge on any atom is -0.424 e. The minimum atomic E-state index is -1.28. The van der Waals surface area contributed by atoms with E-state index < -0.39 is 12.3 Å². The van der Waals surface area contributed by atoms with Gasteiger partial charge in [0, 0.05) is 6.42 Å². The molecule has 0 aliphatic carbocycles. The van der Waals surface area contributed by atoms with E-state index in [1.54, 1.807) is 13.8 Å². The highest BCUT2D eigenvalue weighted by Gasteiger charge is 2.11. The van der Waals surface area contributed by atoms with Crippen molar-refractivity contribution in [3.63, 3.8) is 0 Å². The van der Waals surface area contributed by atoms with Crippen molar-refractivity contribution in [1.82, 2.24) is 0 Å². The number of hydrogen-bond donors (Lipinski definition) is 1. The van der Waals surface area contributed by atoms with E-state index in [0.29, 0.717) is 6.42 Å². The smallest absolute Gasteiger partial charge is 0.311 e. The second-order valence-electron chi connectivity index (χ2n) is 2.62. The first-order valence-electron chi connectivity index (χ1n) is 3.94. The van der Waals surface area contributed by atoms with Crippen molar-refractivity contribution in [2.75, 3.05) is 0 Å². The maximum atomic E-state index is 10.9. The Kier molecular flexibility index (Phi) is 5.14. The fourth-order valence-corrected chi connectivity index (χ4v) is 0.465. The summed E-state index contributed by atoms with van der Waals surface area (Å²) in [5.74, 6) is 4.33. The van der Waals surface area contributed by atoms with E-state index >= 15 is 0 Å². The Morgan fingerprint density at radius 3 is 2.58 bits per heavy atom. The Bertz CT molecular complexity index is 198. The van der Waals surface area contributed by atoms with Crippen LogP contribution in [0.15, 0.2) is 0 Å². The molecule has 0 aliphatic rings. The Hall–Kier alpha value is -1.01. The first-order chi connectivity index (χ1) is 5.57. The van der Waals surface area contributed by atoms with E-state index in [1.165, 1.54) is 0 Å². The molecular weight excluding hydrogens is 156 g/mol. The van der Waals surface area contributed by atoms with Crippen molar-refractivity contribution >= 4 is 5.97 Å². The Labute approximate surface area is 72.7 Å². The zero-order chi connectivity index (χ0) is 9.56. The van der Waals surface area contributed by atoms with E-state index in [1.807, 2.05) is 6.92 Å². The molecule has 0 radical (unpaired) electrons. The van der Waals surface area contributed by atoms with Crippen LogP contribution in [0, 0.1) is 17.8 Å². The third kappa shape index (κ3) is 4.75. The molecule has 0 fully saturated rings. The number of hydrogen-bond acceptors (Lipinski definition) is 3. The van der Waals surface area contributed by atoms with Gasteiger partial charge in [0.25, 0.3) is 6.29 Å². The molecule has 0 aliphatic heterocycles. The average molecular weight is 170 g/mol. The molecule has 0 rings (SSSR count). The van der Waals surface area contributed by atoms with E-state index in [2.05, 4.69) is 16.6 Å². The maximum absolute atomic E-state index is 10.9. The van der Waals surface area contributed by atoms with Crippen LogP contribution < -0.4 is 0 Å². The maximum Gasteiger partial charge on any atom is 0.311 e. The minimum absolute atomic E-state index is 0.233. The van der Waals surface area contributed by atoms with Gasteiger partial charge in [0.2, 0.25) is 0 Å². The topological polar surface area (TPSA) is 46.5 Å². The first kappa shape index (κ1) is 11.0. The van der Waals surface area contributed by atoms with Gasteiger partial charge >= 0.3 is 5.97 Å². The molecule has 1 unspecified atom stereocenters. The molecule has 12 heavy (non-hydrogen) atoms. The molecule has 1 N–H and O–H groups in total. The van der Waals surface area contributed by atoms with Gasteiger partial charge in [-0.3, -0.25) is 4.79 Å². The van der Waals surface area contributed by atoms with Gasteiger partial charge in [0.05, 0.1) is 5.92 Å². The summed E-state index contributed by atoms with van der Waals surface area (Å²) in [6.07, 6.45) is -0.643. The van der Waals surface area contributed by atoms with Gasteiger partial charge in [-0.2, -0.15) is 0 Å². The fourth-order valence-electron chi connectivity index (χ4n) is 0.465. The Morgan fingerprint density at radius 2 is 2.17 bits per heavy atom. The SMILES string of the molecule is CCC#CC(O)OC(=O)C(C)C. The molecule has 68 valence electrons. The van der Waals surface area contributed by atoms with Crippen molar-refractivity contribution < 1.29 is 14.6 Å². The summed E-state index contributed by atoms with van der Waals surface area (Å²) in [5.41, 5.74) is 0. The Morgan fingerprint density at radius 1 is 1.58 bits per heavy atom. The molecule has 0 aromatic heterocycles. The molecule has 0 bridgehead atoms. The van der Waals surface area contributed by atoms with E-state index in [4.69, 9.17) is 5.11 Å². The van der Waals surface area contributed by atoms with Gasteiger partial charge in [-0.1, -0.05) is 26.7 Å². The second kappa shape index (κ2) is 5.62. The van der Waals surface area contributed by atoms with Gasteiger partial charge in [-0.05, 0) is 5.92 Å². The average Bonchev–Trinajstić information content (AvgIpc) is 2.00. The molecule has 0 heterocycles. The lowest BCUT2D eigenvalue weighted by atomic mass is 10.2. The zero-order valence-electron chi connectivity index (χ0n) is 7.63. The van der Waals surface area contributed by atoms with E-state index in [0.717, 1.165) is 0 Å². The number of rotatable bonds is 2. The lowest BCUT2D eigenvalue weighted by Gasteiger charge is -2.07. The normalized spacial score (nSPS) is 11.8. The van der Waals surface area contributed by atoms with Crippen molar-refractivity contribution in [2.24, 2.45) is 5.92 Å². The lowest BCUT2D eigenvalue weighted by molar-refractivity contribution is -0.163. The second-order valence-corrected chi connectivity index (χ2v) is 2.62. The summed E-state index contributed by atoms with van der Waals surface area (Å²) in [6, 6.07) is 0. The van der Waals surface area contributed by atoms with Crippen LogP contribution in [-0.2, 0) is 9.53 Å². The summed E-state index contributed by atoms with van der Waals surface area (Å²) >= 11 is 0. The van der Waals surface area contributed by atoms with Crippen molar-refractivity contribution in [2.45, 2.75) is 33.5 Å². The number of esters is 1. The number of aliphatic hydroxyl groups excluding tert-OH is 1. The van der Waals surface area contributed by atoms with Gasteiger partial charge in [0.1, 0.15) is 0 Å². The highest BCUT2D eigenvalue weighted by molar-refractivity contribution is 5.71. The van der Waals surface area contributed by atoms with Crippen LogP contribution in [0.1, 0.15) is 27.2 Å². The number of carbonyl (C=O) groups excluding carboxylic acids is 1. The summed E-state index contributed by atoms with van der Waals surface area (Å²) in [5, 5.41) is 8.98. The van der Waals surface area contributed by atoms with Gasteiger partial charge in [-0.25, -0.2) is 0 Å². The molecule has 0 saturated heterocycles. The molecule has 0 aromatic carbocycles. The molecule has 1 atom stereocenters. The monoisotopic (exact) mass is 170 g/mol. The Balaban J connectivity index is 3.84. The molecule has 3 nitrogen and oxygen atoms in total.